The smallest absolute Gasteiger partial charge is 0.303 e. The van der Waals surface area contributed by atoms with Crippen LogP contribution in [0.2, 0.25) is 0 Å². The first-order valence-corrected chi connectivity index (χ1v) is 16.9. The number of aliphatic carboxylic acids is 1. The number of aliphatic hydroxyl groups excluding tert-OH is 1. The van der Waals surface area contributed by atoms with Crippen molar-refractivity contribution >= 4 is 17.6 Å². The van der Waals surface area contributed by atoms with Crippen molar-refractivity contribution in [2.75, 3.05) is 11.9 Å². The summed E-state index contributed by atoms with van der Waals surface area (Å²) in [6.07, 6.45) is 3.32. The maximum atomic E-state index is 12.5. The number of ether oxygens (including phenoxy) is 2. The van der Waals surface area contributed by atoms with Gasteiger partial charge in [0.15, 0.2) is 6.29 Å². The Morgan fingerprint density at radius 1 is 0.688 bits per heavy atom. The predicted molar refractivity (Wildman–Crippen MR) is 186 cm³/mol. The first-order valence-electron chi connectivity index (χ1n) is 16.9. The topological polar surface area (TPSA) is 108 Å². The molecular formula is C40H46N2O6. The second kappa shape index (κ2) is 18.3. The molecule has 1 aliphatic heterocycles. The number of carbonyl (C=O) groups excluding carboxylic acids is 1. The maximum absolute atomic E-state index is 12.5. The van der Waals surface area contributed by atoms with Crippen molar-refractivity contribution in [2.45, 2.75) is 83.1 Å². The van der Waals surface area contributed by atoms with E-state index in [0.717, 1.165) is 49.0 Å². The molecule has 5 rings (SSSR count). The van der Waals surface area contributed by atoms with Crippen LogP contribution in [0.4, 0.5) is 5.69 Å². The molecule has 252 valence electrons. The van der Waals surface area contributed by atoms with Gasteiger partial charge in [0.2, 0.25) is 5.91 Å². The standard InChI is InChI=1S/C40H46N2O6/c43-29-32-17-19-33(20-18-32)37-25-36(28-42(26-30-11-5-3-6-12-30)27-31-13-7-4-8-14-31)47-40(48-37)34-21-23-35(24-22-34)41-38(44)15-9-1-2-10-16-39(45)46/h3-8,11-14,17-24,36-37,40,43H,1-2,9-10,15-16,25-29H2,(H,41,44)(H,45,46)/t36-,37+,40+/m1/s1. The fraction of sp³-hybridized carbons (Fsp3) is 0.350. The quantitative estimate of drug-likeness (QED) is 0.100. The van der Waals surface area contributed by atoms with E-state index in [2.05, 4.69) is 58.7 Å². The Hall–Kier alpha value is -4.34. The number of nitrogens with one attached hydrogen (secondary N) is 1. The number of carbonyl (C=O) groups is 2. The van der Waals surface area contributed by atoms with E-state index in [0.29, 0.717) is 31.5 Å². The number of nitrogens with zero attached hydrogens (tertiary/aromatic N) is 1. The van der Waals surface area contributed by atoms with Crippen LogP contribution in [0.1, 0.15) is 85.2 Å². The highest BCUT2D eigenvalue weighted by molar-refractivity contribution is 5.90. The molecule has 0 spiro atoms. The summed E-state index contributed by atoms with van der Waals surface area (Å²) in [4.78, 5) is 25.6. The van der Waals surface area contributed by atoms with Crippen molar-refractivity contribution in [3.63, 3.8) is 0 Å². The SMILES string of the molecule is O=C(O)CCCCCCC(=O)Nc1ccc([C@H]2O[C@@H](CN(Cc3ccccc3)Cc3ccccc3)C[C@@H](c3ccc(CO)cc3)O2)cc1. The molecule has 0 radical (unpaired) electrons. The van der Waals surface area contributed by atoms with E-state index in [4.69, 9.17) is 14.6 Å². The van der Waals surface area contributed by atoms with Gasteiger partial charge < -0.3 is 25.0 Å². The molecule has 1 fully saturated rings. The summed E-state index contributed by atoms with van der Waals surface area (Å²) in [7, 11) is 0. The number of carboxylic acid groups (broad SMARTS) is 1. The van der Waals surface area contributed by atoms with Gasteiger partial charge in [0.05, 0.1) is 18.8 Å². The van der Waals surface area contributed by atoms with Crippen LogP contribution in [-0.2, 0) is 38.8 Å². The third kappa shape index (κ3) is 11.1. The highest BCUT2D eigenvalue weighted by Gasteiger charge is 2.33. The zero-order chi connectivity index (χ0) is 33.6. The molecule has 0 bridgehead atoms. The van der Waals surface area contributed by atoms with E-state index >= 15 is 0 Å². The summed E-state index contributed by atoms with van der Waals surface area (Å²) < 4.78 is 13.2. The third-order valence-corrected chi connectivity index (χ3v) is 8.59. The second-order valence-electron chi connectivity index (χ2n) is 12.5. The number of hydrogen-bond acceptors (Lipinski definition) is 6. The Kier molecular flexibility index (Phi) is 13.3. The number of anilines is 1. The summed E-state index contributed by atoms with van der Waals surface area (Å²) in [5.74, 6) is -0.842. The summed E-state index contributed by atoms with van der Waals surface area (Å²) >= 11 is 0. The Balaban J connectivity index is 1.27. The van der Waals surface area contributed by atoms with E-state index in [-0.39, 0.29) is 31.1 Å². The first kappa shape index (κ1) is 35.0. The lowest BCUT2D eigenvalue weighted by Gasteiger charge is -2.38. The molecule has 8 heteroatoms. The zero-order valence-electron chi connectivity index (χ0n) is 27.4. The summed E-state index contributed by atoms with van der Waals surface area (Å²) in [5.41, 5.74) is 5.94. The molecule has 3 N–H and O–H groups in total. The van der Waals surface area contributed by atoms with E-state index in [1.807, 2.05) is 60.7 Å². The third-order valence-electron chi connectivity index (χ3n) is 8.59. The van der Waals surface area contributed by atoms with Gasteiger partial charge in [-0.1, -0.05) is 110 Å². The number of benzene rings is 4. The number of hydrogen-bond donors (Lipinski definition) is 3. The van der Waals surface area contributed by atoms with Crippen LogP contribution in [0.5, 0.6) is 0 Å². The van der Waals surface area contributed by atoms with Crippen LogP contribution < -0.4 is 5.32 Å². The summed E-state index contributed by atoms with van der Waals surface area (Å²) in [6.45, 7) is 2.27. The van der Waals surface area contributed by atoms with Gasteiger partial charge in [0.1, 0.15) is 0 Å². The molecule has 0 unspecified atom stereocenters. The van der Waals surface area contributed by atoms with Gasteiger partial charge in [-0.3, -0.25) is 14.5 Å². The van der Waals surface area contributed by atoms with Crippen molar-refractivity contribution in [3.05, 3.63) is 137 Å². The van der Waals surface area contributed by atoms with Crippen LogP contribution in [0.15, 0.2) is 109 Å². The van der Waals surface area contributed by atoms with Crippen LogP contribution in [0.25, 0.3) is 0 Å². The minimum Gasteiger partial charge on any atom is -0.481 e. The molecule has 4 aromatic carbocycles. The minimum atomic E-state index is -0.781. The fourth-order valence-electron chi connectivity index (χ4n) is 6.05. The highest BCUT2D eigenvalue weighted by atomic mass is 16.7. The number of amides is 1. The van der Waals surface area contributed by atoms with Gasteiger partial charge in [-0.25, -0.2) is 0 Å². The zero-order valence-corrected chi connectivity index (χ0v) is 27.4. The summed E-state index contributed by atoms with van der Waals surface area (Å²) in [6, 6.07) is 36.5. The average molecular weight is 651 g/mol. The molecule has 0 aromatic heterocycles. The van der Waals surface area contributed by atoms with Crippen LogP contribution in [0, 0.1) is 0 Å². The Bertz CT molecular complexity index is 1510. The monoisotopic (exact) mass is 650 g/mol. The van der Waals surface area contributed by atoms with Crippen molar-refractivity contribution < 1.29 is 29.3 Å². The number of aliphatic hydroxyl groups is 1. The number of rotatable bonds is 17. The molecule has 1 amide bonds. The van der Waals surface area contributed by atoms with Gasteiger partial charge in [-0.05, 0) is 47.2 Å². The lowest BCUT2D eigenvalue weighted by Crippen LogP contribution is -2.39. The molecular weight excluding hydrogens is 604 g/mol. The molecule has 0 saturated carbocycles. The van der Waals surface area contributed by atoms with E-state index in [9.17, 15) is 14.7 Å². The number of unbranched alkanes of at least 4 members (excludes halogenated alkanes) is 3. The Labute approximate surface area is 283 Å². The molecule has 48 heavy (non-hydrogen) atoms. The van der Waals surface area contributed by atoms with Crippen molar-refractivity contribution in [1.29, 1.82) is 0 Å². The van der Waals surface area contributed by atoms with Gasteiger partial charge in [0.25, 0.3) is 0 Å². The average Bonchev–Trinajstić information content (AvgIpc) is 3.11. The Morgan fingerprint density at radius 3 is 1.85 bits per heavy atom. The first-order chi connectivity index (χ1) is 23.4. The lowest BCUT2D eigenvalue weighted by molar-refractivity contribution is -0.253. The maximum Gasteiger partial charge on any atom is 0.303 e. The molecule has 4 aromatic rings. The summed E-state index contributed by atoms with van der Waals surface area (Å²) in [5, 5.41) is 21.3. The van der Waals surface area contributed by atoms with Gasteiger partial charge >= 0.3 is 5.97 Å². The molecule has 0 aliphatic carbocycles. The highest BCUT2D eigenvalue weighted by Crippen LogP contribution is 2.38. The van der Waals surface area contributed by atoms with E-state index in [1.165, 1.54) is 11.1 Å². The second-order valence-corrected chi connectivity index (χ2v) is 12.5. The van der Waals surface area contributed by atoms with Crippen LogP contribution in [0.3, 0.4) is 0 Å². The lowest BCUT2D eigenvalue weighted by atomic mass is 9.99. The van der Waals surface area contributed by atoms with Crippen LogP contribution >= 0.6 is 0 Å². The number of carboxylic acids is 1. The van der Waals surface area contributed by atoms with Crippen LogP contribution in [-0.4, -0.2) is 39.6 Å². The van der Waals surface area contributed by atoms with Crippen molar-refractivity contribution in [1.82, 2.24) is 4.90 Å². The van der Waals surface area contributed by atoms with Crippen molar-refractivity contribution in [3.8, 4) is 0 Å². The van der Waals surface area contributed by atoms with Gasteiger partial charge in [-0.2, -0.15) is 0 Å². The molecule has 8 nitrogen and oxygen atoms in total. The molecule has 3 atom stereocenters. The minimum absolute atomic E-state index is 0.0101. The fourth-order valence-corrected chi connectivity index (χ4v) is 6.05. The molecule has 1 heterocycles. The molecule has 1 aliphatic rings. The van der Waals surface area contributed by atoms with E-state index in [1.54, 1.807) is 0 Å². The Morgan fingerprint density at radius 2 is 1.27 bits per heavy atom. The largest absolute Gasteiger partial charge is 0.481 e. The van der Waals surface area contributed by atoms with Crippen molar-refractivity contribution in [2.24, 2.45) is 0 Å². The predicted octanol–water partition coefficient (Wildman–Crippen LogP) is 7.79. The van der Waals surface area contributed by atoms with E-state index < -0.39 is 12.3 Å². The molecule has 1 saturated heterocycles. The van der Waals surface area contributed by atoms with Gasteiger partial charge in [-0.15, -0.1) is 0 Å². The normalized spacial score (nSPS) is 17.7. The van der Waals surface area contributed by atoms with Gasteiger partial charge in [0, 0.05) is 50.1 Å².